The highest BCUT2D eigenvalue weighted by Crippen LogP contribution is 2.32. The molecular formula is C23H24O2. The number of furan rings is 1. The van der Waals surface area contributed by atoms with Crippen molar-refractivity contribution in [1.29, 1.82) is 0 Å². The lowest BCUT2D eigenvalue weighted by Gasteiger charge is -2.06. The zero-order valence-electron chi connectivity index (χ0n) is 15.3. The molecule has 0 fully saturated rings. The molecule has 0 atom stereocenters. The van der Waals surface area contributed by atoms with E-state index in [1.54, 1.807) is 7.11 Å². The summed E-state index contributed by atoms with van der Waals surface area (Å²) in [6, 6.07) is 20.6. The molecule has 0 radical (unpaired) electrons. The molecular weight excluding hydrogens is 308 g/mol. The predicted octanol–water partition coefficient (Wildman–Crippen LogP) is 6.36. The number of methoxy groups -OCH3 is 1. The predicted molar refractivity (Wildman–Crippen MR) is 104 cm³/mol. The minimum absolute atomic E-state index is 0.834. The Morgan fingerprint density at radius 2 is 1.60 bits per heavy atom. The smallest absolute Gasteiger partial charge is 0.135 e. The molecule has 128 valence electrons. The summed E-state index contributed by atoms with van der Waals surface area (Å²) < 4.78 is 11.5. The summed E-state index contributed by atoms with van der Waals surface area (Å²) in [5.74, 6) is 2.77. The zero-order chi connectivity index (χ0) is 17.8. The van der Waals surface area contributed by atoms with Crippen molar-refractivity contribution < 1.29 is 9.15 Å². The molecule has 0 spiro atoms. The average molecular weight is 332 g/mol. The first-order valence-corrected chi connectivity index (χ1v) is 8.54. The Morgan fingerprint density at radius 1 is 0.920 bits per heavy atom. The maximum atomic E-state index is 6.26. The fourth-order valence-electron chi connectivity index (χ4n) is 2.81. The maximum absolute atomic E-state index is 6.26. The second-order valence-corrected chi connectivity index (χ2v) is 6.48. The topological polar surface area (TPSA) is 22.4 Å². The van der Waals surface area contributed by atoms with Gasteiger partial charge in [0.05, 0.1) is 7.11 Å². The zero-order valence-corrected chi connectivity index (χ0v) is 15.3. The van der Waals surface area contributed by atoms with Gasteiger partial charge in [-0.3, -0.25) is 0 Å². The monoisotopic (exact) mass is 332 g/mol. The molecule has 0 saturated heterocycles. The van der Waals surface area contributed by atoms with E-state index in [0.717, 1.165) is 29.3 Å². The van der Waals surface area contributed by atoms with Gasteiger partial charge < -0.3 is 9.15 Å². The van der Waals surface area contributed by atoms with Crippen LogP contribution in [0, 0.1) is 0 Å². The van der Waals surface area contributed by atoms with Crippen LogP contribution in [0.3, 0.4) is 0 Å². The van der Waals surface area contributed by atoms with Crippen molar-refractivity contribution in [2.45, 2.75) is 27.2 Å². The first-order chi connectivity index (χ1) is 12.1. The molecule has 0 amide bonds. The number of rotatable bonds is 5. The van der Waals surface area contributed by atoms with Crippen molar-refractivity contribution in [2.24, 2.45) is 0 Å². The third-order valence-electron chi connectivity index (χ3n) is 4.51. The molecule has 0 aliphatic carbocycles. The lowest BCUT2D eigenvalue weighted by atomic mass is 10.00. The van der Waals surface area contributed by atoms with E-state index >= 15 is 0 Å². The molecule has 0 bridgehead atoms. The SMILES string of the molecule is COc1ccc(Cc2cc(-c3ccccc3)oc2C(C)=C(C)C)cc1. The first kappa shape index (κ1) is 17.1. The molecule has 0 unspecified atom stereocenters. The Bertz CT molecular complexity index is 864. The van der Waals surface area contributed by atoms with Crippen molar-refractivity contribution in [2.75, 3.05) is 7.11 Å². The number of hydrogen-bond acceptors (Lipinski definition) is 2. The van der Waals surface area contributed by atoms with Crippen LogP contribution in [0.4, 0.5) is 0 Å². The quantitative estimate of drug-likeness (QED) is 0.542. The molecule has 1 aromatic heterocycles. The third kappa shape index (κ3) is 3.85. The largest absolute Gasteiger partial charge is 0.497 e. The second-order valence-electron chi connectivity index (χ2n) is 6.48. The highest BCUT2D eigenvalue weighted by atomic mass is 16.5. The van der Waals surface area contributed by atoms with Crippen LogP contribution in [0.15, 0.2) is 70.7 Å². The third-order valence-corrected chi connectivity index (χ3v) is 4.51. The van der Waals surface area contributed by atoms with Crippen molar-refractivity contribution in [3.8, 4) is 17.1 Å². The molecule has 0 N–H and O–H groups in total. The minimum Gasteiger partial charge on any atom is -0.497 e. The molecule has 0 aliphatic heterocycles. The summed E-state index contributed by atoms with van der Waals surface area (Å²) in [4.78, 5) is 0. The van der Waals surface area contributed by atoms with E-state index in [1.807, 2.05) is 30.3 Å². The van der Waals surface area contributed by atoms with E-state index in [9.17, 15) is 0 Å². The Balaban J connectivity index is 2.01. The summed E-state index contributed by atoms with van der Waals surface area (Å²) in [5, 5.41) is 0. The van der Waals surface area contributed by atoms with Crippen LogP contribution < -0.4 is 4.74 Å². The molecule has 0 aliphatic rings. The van der Waals surface area contributed by atoms with Crippen molar-refractivity contribution in [3.05, 3.63) is 83.1 Å². The van der Waals surface area contributed by atoms with Crippen LogP contribution >= 0.6 is 0 Å². The van der Waals surface area contributed by atoms with Crippen LogP contribution in [0.2, 0.25) is 0 Å². The summed E-state index contributed by atoms with van der Waals surface area (Å²) >= 11 is 0. The minimum atomic E-state index is 0.834. The lowest BCUT2D eigenvalue weighted by molar-refractivity contribution is 0.414. The van der Waals surface area contributed by atoms with Crippen LogP contribution in [0.1, 0.15) is 37.7 Å². The van der Waals surface area contributed by atoms with Gasteiger partial charge >= 0.3 is 0 Å². The van der Waals surface area contributed by atoms with Gasteiger partial charge in [0.1, 0.15) is 17.3 Å². The van der Waals surface area contributed by atoms with Gasteiger partial charge in [0, 0.05) is 17.5 Å². The van der Waals surface area contributed by atoms with Gasteiger partial charge in [-0.1, -0.05) is 48.0 Å². The van der Waals surface area contributed by atoms with Crippen molar-refractivity contribution in [3.63, 3.8) is 0 Å². The summed E-state index contributed by atoms with van der Waals surface area (Å²) in [6.07, 6.45) is 0.834. The van der Waals surface area contributed by atoms with E-state index in [-0.39, 0.29) is 0 Å². The van der Waals surface area contributed by atoms with E-state index < -0.39 is 0 Å². The van der Waals surface area contributed by atoms with Crippen LogP contribution in [0.5, 0.6) is 5.75 Å². The fourth-order valence-corrected chi connectivity index (χ4v) is 2.81. The highest BCUT2D eigenvalue weighted by molar-refractivity contribution is 5.69. The molecule has 2 aromatic carbocycles. The maximum Gasteiger partial charge on any atom is 0.135 e. The van der Waals surface area contributed by atoms with Crippen LogP contribution in [-0.2, 0) is 6.42 Å². The van der Waals surface area contributed by atoms with Crippen molar-refractivity contribution >= 4 is 5.57 Å². The molecule has 2 nitrogen and oxygen atoms in total. The average Bonchev–Trinajstić information content (AvgIpc) is 3.06. The van der Waals surface area contributed by atoms with Gasteiger partial charge in [0.25, 0.3) is 0 Å². The molecule has 3 rings (SSSR count). The van der Waals surface area contributed by atoms with Crippen LogP contribution in [-0.4, -0.2) is 7.11 Å². The molecule has 25 heavy (non-hydrogen) atoms. The van der Waals surface area contributed by atoms with Crippen molar-refractivity contribution in [1.82, 2.24) is 0 Å². The summed E-state index contributed by atoms with van der Waals surface area (Å²) in [6.45, 7) is 6.37. The van der Waals surface area contributed by atoms with E-state index in [4.69, 9.17) is 9.15 Å². The molecule has 1 heterocycles. The van der Waals surface area contributed by atoms with E-state index in [1.165, 1.54) is 22.3 Å². The number of benzene rings is 2. The van der Waals surface area contributed by atoms with E-state index in [2.05, 4.69) is 51.1 Å². The second kappa shape index (κ2) is 7.43. The molecule has 2 heteroatoms. The summed E-state index contributed by atoms with van der Waals surface area (Å²) in [7, 11) is 1.69. The van der Waals surface area contributed by atoms with Gasteiger partial charge in [0.2, 0.25) is 0 Å². The number of ether oxygens (including phenoxy) is 1. The van der Waals surface area contributed by atoms with E-state index in [0.29, 0.717) is 0 Å². The number of allylic oxidation sites excluding steroid dienone is 2. The summed E-state index contributed by atoms with van der Waals surface area (Å²) in [5.41, 5.74) is 6.02. The highest BCUT2D eigenvalue weighted by Gasteiger charge is 2.15. The fraction of sp³-hybridized carbons (Fsp3) is 0.217. The molecule has 0 saturated carbocycles. The van der Waals surface area contributed by atoms with Gasteiger partial charge in [0.15, 0.2) is 0 Å². The van der Waals surface area contributed by atoms with Gasteiger partial charge in [-0.25, -0.2) is 0 Å². The Hall–Kier alpha value is -2.74. The lowest BCUT2D eigenvalue weighted by Crippen LogP contribution is -1.92. The Kier molecular flexibility index (Phi) is 5.08. The van der Waals surface area contributed by atoms with Gasteiger partial charge in [-0.2, -0.15) is 0 Å². The van der Waals surface area contributed by atoms with Gasteiger partial charge in [-0.05, 0) is 50.1 Å². The molecule has 3 aromatic rings. The first-order valence-electron chi connectivity index (χ1n) is 8.54. The van der Waals surface area contributed by atoms with Gasteiger partial charge in [-0.15, -0.1) is 0 Å². The van der Waals surface area contributed by atoms with Crippen LogP contribution in [0.25, 0.3) is 16.9 Å². The Labute approximate surface area is 149 Å². The normalized spacial score (nSPS) is 10.6. The Morgan fingerprint density at radius 3 is 2.20 bits per heavy atom. The number of hydrogen-bond donors (Lipinski definition) is 0. The standard InChI is InChI=1S/C23H24O2/c1-16(2)17(3)23-20(14-18-10-12-21(24-4)13-11-18)15-22(25-23)19-8-6-5-7-9-19/h5-13,15H,14H2,1-4H3.